The summed E-state index contributed by atoms with van der Waals surface area (Å²) in [5, 5.41) is 24.5. The summed E-state index contributed by atoms with van der Waals surface area (Å²) in [5.74, 6) is 0.00346. The molecule has 24 heavy (non-hydrogen) atoms. The first-order chi connectivity index (χ1) is 11.6. The van der Waals surface area contributed by atoms with Crippen molar-refractivity contribution in [2.75, 3.05) is 18.5 Å². The van der Waals surface area contributed by atoms with Gasteiger partial charge in [-0.2, -0.15) is 0 Å². The summed E-state index contributed by atoms with van der Waals surface area (Å²) in [4.78, 5) is 11.9. The van der Waals surface area contributed by atoms with Gasteiger partial charge in [-0.25, -0.2) is 4.79 Å². The maximum atomic E-state index is 11.9. The number of carbonyl (C=O) groups excluding carboxylic acids is 1. The summed E-state index contributed by atoms with van der Waals surface area (Å²) in [7, 11) is 0. The standard InChI is InChI=1S/C18H20N2O4/c21-16-3-1-2-13(17(16)22)10-19-18(23)20-15-6-4-12(5-7-15)14-8-9-24-11-14/h1-7,14,21-22H,8-11H2,(H2,19,20,23). The fraction of sp³-hybridized carbons (Fsp3) is 0.278. The lowest BCUT2D eigenvalue weighted by molar-refractivity contribution is 0.194. The number of para-hydroxylation sites is 1. The molecule has 1 aliphatic rings. The summed E-state index contributed by atoms with van der Waals surface area (Å²) >= 11 is 0. The zero-order valence-electron chi connectivity index (χ0n) is 13.2. The van der Waals surface area contributed by atoms with Crippen molar-refractivity contribution in [1.29, 1.82) is 0 Å². The highest BCUT2D eigenvalue weighted by atomic mass is 16.5. The van der Waals surface area contributed by atoms with Gasteiger partial charge in [-0.1, -0.05) is 24.3 Å². The first-order valence-corrected chi connectivity index (χ1v) is 7.86. The van der Waals surface area contributed by atoms with Crippen molar-refractivity contribution in [1.82, 2.24) is 5.32 Å². The zero-order valence-corrected chi connectivity index (χ0v) is 13.2. The molecule has 1 aliphatic heterocycles. The van der Waals surface area contributed by atoms with Gasteiger partial charge in [0.15, 0.2) is 11.5 Å². The highest BCUT2D eigenvalue weighted by Crippen LogP contribution is 2.28. The molecule has 3 rings (SSSR count). The zero-order chi connectivity index (χ0) is 16.9. The number of phenols is 2. The highest BCUT2D eigenvalue weighted by molar-refractivity contribution is 5.89. The molecule has 1 atom stereocenters. The van der Waals surface area contributed by atoms with Crippen molar-refractivity contribution in [2.24, 2.45) is 0 Å². The van der Waals surface area contributed by atoms with E-state index in [2.05, 4.69) is 10.6 Å². The third kappa shape index (κ3) is 3.78. The number of carbonyl (C=O) groups is 1. The minimum atomic E-state index is -0.380. The minimum absolute atomic E-state index is 0.115. The highest BCUT2D eigenvalue weighted by Gasteiger charge is 2.17. The van der Waals surface area contributed by atoms with Crippen LogP contribution in [-0.2, 0) is 11.3 Å². The number of benzene rings is 2. The largest absolute Gasteiger partial charge is 0.504 e. The molecular formula is C18H20N2O4. The Kier molecular flexibility index (Phi) is 4.86. The third-order valence-electron chi connectivity index (χ3n) is 4.11. The van der Waals surface area contributed by atoms with Gasteiger partial charge < -0.3 is 25.6 Å². The normalized spacial score (nSPS) is 16.8. The predicted molar refractivity (Wildman–Crippen MR) is 90.2 cm³/mol. The van der Waals surface area contributed by atoms with Gasteiger partial charge in [0, 0.05) is 30.3 Å². The van der Waals surface area contributed by atoms with Crippen LogP contribution in [0.5, 0.6) is 11.5 Å². The Morgan fingerprint density at radius 1 is 1.17 bits per heavy atom. The molecule has 2 aromatic carbocycles. The first kappa shape index (κ1) is 16.1. The van der Waals surface area contributed by atoms with Gasteiger partial charge >= 0.3 is 6.03 Å². The van der Waals surface area contributed by atoms with Gasteiger partial charge in [0.1, 0.15) is 0 Å². The third-order valence-corrected chi connectivity index (χ3v) is 4.11. The van der Waals surface area contributed by atoms with Crippen molar-refractivity contribution < 1.29 is 19.7 Å². The Morgan fingerprint density at radius 3 is 2.67 bits per heavy atom. The van der Waals surface area contributed by atoms with E-state index >= 15 is 0 Å². The van der Waals surface area contributed by atoms with Crippen LogP contribution in [0.15, 0.2) is 42.5 Å². The smallest absolute Gasteiger partial charge is 0.319 e. The van der Waals surface area contributed by atoms with Crippen molar-refractivity contribution in [3.63, 3.8) is 0 Å². The first-order valence-electron chi connectivity index (χ1n) is 7.86. The molecule has 0 bridgehead atoms. The summed E-state index contributed by atoms with van der Waals surface area (Å²) in [6.07, 6.45) is 1.03. The second-order valence-electron chi connectivity index (χ2n) is 5.78. The van der Waals surface area contributed by atoms with Crippen LogP contribution in [0.25, 0.3) is 0 Å². The van der Waals surface area contributed by atoms with E-state index in [0.717, 1.165) is 19.6 Å². The van der Waals surface area contributed by atoms with E-state index in [4.69, 9.17) is 4.74 Å². The molecule has 6 heteroatoms. The molecule has 1 heterocycles. The van der Waals surface area contributed by atoms with E-state index in [9.17, 15) is 15.0 Å². The fourth-order valence-electron chi connectivity index (χ4n) is 2.71. The van der Waals surface area contributed by atoms with Crippen molar-refractivity contribution in [2.45, 2.75) is 18.9 Å². The molecule has 1 unspecified atom stereocenters. The number of rotatable bonds is 4. The summed E-state index contributed by atoms with van der Waals surface area (Å²) < 4.78 is 5.38. The Bertz CT molecular complexity index is 709. The molecule has 6 nitrogen and oxygen atoms in total. The van der Waals surface area contributed by atoms with Gasteiger partial charge in [-0.15, -0.1) is 0 Å². The second kappa shape index (κ2) is 7.23. The minimum Gasteiger partial charge on any atom is -0.504 e. The van der Waals surface area contributed by atoms with E-state index in [0.29, 0.717) is 17.2 Å². The maximum Gasteiger partial charge on any atom is 0.319 e. The predicted octanol–water partition coefficient (Wildman–Crippen LogP) is 2.92. The summed E-state index contributed by atoms with van der Waals surface area (Å²) in [6.45, 7) is 1.67. The number of nitrogens with one attached hydrogen (secondary N) is 2. The topological polar surface area (TPSA) is 90.8 Å². The molecular weight excluding hydrogens is 308 g/mol. The molecule has 4 N–H and O–H groups in total. The number of ether oxygens (including phenoxy) is 1. The monoisotopic (exact) mass is 328 g/mol. The summed E-state index contributed by atoms with van der Waals surface area (Å²) in [5.41, 5.74) is 2.35. The molecule has 2 amide bonds. The van der Waals surface area contributed by atoms with Gasteiger partial charge in [-0.05, 0) is 30.2 Å². The van der Waals surface area contributed by atoms with E-state index in [-0.39, 0.29) is 24.1 Å². The van der Waals surface area contributed by atoms with Crippen LogP contribution in [0.4, 0.5) is 10.5 Å². The van der Waals surface area contributed by atoms with Gasteiger partial charge in [0.05, 0.1) is 6.61 Å². The number of phenolic OH excluding ortho intramolecular Hbond substituents is 2. The van der Waals surface area contributed by atoms with Crippen molar-refractivity contribution in [3.05, 3.63) is 53.6 Å². The van der Waals surface area contributed by atoms with E-state index < -0.39 is 0 Å². The molecule has 0 aromatic heterocycles. The molecule has 0 spiro atoms. The van der Waals surface area contributed by atoms with Crippen LogP contribution in [0.2, 0.25) is 0 Å². The van der Waals surface area contributed by atoms with Crippen molar-refractivity contribution in [3.8, 4) is 11.5 Å². The number of urea groups is 1. The van der Waals surface area contributed by atoms with E-state index in [1.54, 1.807) is 12.1 Å². The molecule has 0 saturated carbocycles. The van der Waals surface area contributed by atoms with E-state index in [1.807, 2.05) is 24.3 Å². The Balaban J connectivity index is 1.54. The number of anilines is 1. The van der Waals surface area contributed by atoms with Crippen LogP contribution in [-0.4, -0.2) is 29.5 Å². The van der Waals surface area contributed by atoms with Gasteiger partial charge in [0.25, 0.3) is 0 Å². The number of hydrogen-bond donors (Lipinski definition) is 4. The number of amides is 2. The van der Waals surface area contributed by atoms with Crippen LogP contribution in [0.3, 0.4) is 0 Å². The molecule has 1 fully saturated rings. The Labute approximate surface area is 140 Å². The van der Waals surface area contributed by atoms with Crippen LogP contribution >= 0.6 is 0 Å². The number of hydrogen-bond acceptors (Lipinski definition) is 4. The Hall–Kier alpha value is -2.73. The fourth-order valence-corrected chi connectivity index (χ4v) is 2.71. The molecule has 0 aliphatic carbocycles. The van der Waals surface area contributed by atoms with Crippen molar-refractivity contribution >= 4 is 11.7 Å². The van der Waals surface area contributed by atoms with Crippen LogP contribution in [0, 0.1) is 0 Å². The lowest BCUT2D eigenvalue weighted by Crippen LogP contribution is -2.28. The lowest BCUT2D eigenvalue weighted by atomic mass is 9.98. The van der Waals surface area contributed by atoms with E-state index in [1.165, 1.54) is 11.6 Å². The summed E-state index contributed by atoms with van der Waals surface area (Å²) in [6, 6.07) is 12.0. The molecule has 126 valence electrons. The Morgan fingerprint density at radius 2 is 1.96 bits per heavy atom. The number of aromatic hydroxyl groups is 2. The molecule has 1 saturated heterocycles. The molecule has 2 aromatic rings. The second-order valence-corrected chi connectivity index (χ2v) is 5.78. The quantitative estimate of drug-likeness (QED) is 0.650. The van der Waals surface area contributed by atoms with Gasteiger partial charge in [0.2, 0.25) is 0 Å². The average molecular weight is 328 g/mol. The van der Waals surface area contributed by atoms with Crippen LogP contribution < -0.4 is 10.6 Å². The SMILES string of the molecule is O=C(NCc1cccc(O)c1O)Nc1ccc(C2CCOC2)cc1. The average Bonchev–Trinajstić information content (AvgIpc) is 3.11. The van der Waals surface area contributed by atoms with Gasteiger partial charge in [-0.3, -0.25) is 0 Å². The molecule has 0 radical (unpaired) electrons. The lowest BCUT2D eigenvalue weighted by Gasteiger charge is -2.11. The maximum absolute atomic E-state index is 11.9. The van der Waals surface area contributed by atoms with Crippen LogP contribution in [0.1, 0.15) is 23.5 Å².